The number of aromatic amines is 2. The Balaban J connectivity index is 1.39. The first-order valence-corrected chi connectivity index (χ1v) is 9.15. The van der Waals surface area contributed by atoms with Crippen LogP contribution in [0.2, 0.25) is 10.0 Å². The minimum absolute atomic E-state index is 0.190. The summed E-state index contributed by atoms with van der Waals surface area (Å²) < 4.78 is 5.69. The molecule has 4 rings (SSSR count). The van der Waals surface area contributed by atoms with Gasteiger partial charge in [-0.15, -0.1) is 0 Å². The summed E-state index contributed by atoms with van der Waals surface area (Å²) >= 11 is 12.1. The Bertz CT molecular complexity index is 1230. The van der Waals surface area contributed by atoms with Crippen LogP contribution in [0.25, 0.3) is 22.4 Å². The van der Waals surface area contributed by atoms with Crippen LogP contribution in [-0.4, -0.2) is 20.9 Å². The Hall–Kier alpha value is -3.03. The number of imidazole rings is 1. The first-order valence-electron chi connectivity index (χ1n) is 8.40. The van der Waals surface area contributed by atoms with Crippen LogP contribution in [0.15, 0.2) is 51.8 Å². The van der Waals surface area contributed by atoms with Crippen molar-refractivity contribution in [2.45, 2.75) is 12.8 Å². The van der Waals surface area contributed by atoms with Gasteiger partial charge in [0.2, 0.25) is 5.91 Å². The first kappa shape index (κ1) is 18.3. The lowest BCUT2D eigenvalue weighted by molar-refractivity contribution is -0.116. The van der Waals surface area contributed by atoms with Crippen molar-refractivity contribution < 1.29 is 9.21 Å². The number of aromatic nitrogens is 3. The molecule has 4 aromatic rings. The van der Waals surface area contributed by atoms with Gasteiger partial charge in [-0.1, -0.05) is 23.2 Å². The van der Waals surface area contributed by atoms with Gasteiger partial charge in [0.25, 0.3) is 0 Å². The zero-order valence-corrected chi connectivity index (χ0v) is 15.9. The standard InChI is InChI=1S/C19H14Cl2N4O3/c20-10-1-3-12(13(21)7-10)16-9-22-18(28-16)6-5-17(26)23-11-2-4-14-15(8-11)25-19(27)24-14/h1-4,7-9H,5-6H2,(H,23,26)(H2,24,25,27). The van der Waals surface area contributed by atoms with E-state index in [1.165, 1.54) is 0 Å². The molecule has 0 radical (unpaired) electrons. The fourth-order valence-corrected chi connectivity index (χ4v) is 3.30. The van der Waals surface area contributed by atoms with E-state index in [9.17, 15) is 9.59 Å². The van der Waals surface area contributed by atoms with Gasteiger partial charge in [0.05, 0.1) is 22.3 Å². The van der Waals surface area contributed by atoms with E-state index in [0.29, 0.717) is 50.4 Å². The summed E-state index contributed by atoms with van der Waals surface area (Å²) in [5, 5.41) is 3.79. The molecule has 0 saturated heterocycles. The second-order valence-corrected chi connectivity index (χ2v) is 6.97. The predicted molar refractivity (Wildman–Crippen MR) is 108 cm³/mol. The molecular weight excluding hydrogens is 403 g/mol. The highest BCUT2D eigenvalue weighted by Gasteiger charge is 2.12. The number of oxazole rings is 1. The molecular formula is C19H14Cl2N4O3. The number of hydrogen-bond donors (Lipinski definition) is 3. The third-order valence-corrected chi connectivity index (χ3v) is 4.66. The maximum atomic E-state index is 12.2. The van der Waals surface area contributed by atoms with E-state index in [1.807, 2.05) is 0 Å². The molecule has 2 aromatic carbocycles. The number of aryl methyl sites for hydroxylation is 1. The number of nitrogens with zero attached hydrogens (tertiary/aromatic N) is 1. The van der Waals surface area contributed by atoms with E-state index in [-0.39, 0.29) is 18.0 Å². The maximum Gasteiger partial charge on any atom is 0.323 e. The molecule has 0 fully saturated rings. The van der Waals surface area contributed by atoms with Crippen molar-refractivity contribution in [2.24, 2.45) is 0 Å². The van der Waals surface area contributed by atoms with Crippen LogP contribution < -0.4 is 11.0 Å². The number of fused-ring (bicyclic) bond motifs is 1. The molecule has 0 aliphatic heterocycles. The highest BCUT2D eigenvalue weighted by molar-refractivity contribution is 6.36. The Morgan fingerprint density at radius 1 is 1.11 bits per heavy atom. The van der Waals surface area contributed by atoms with Crippen molar-refractivity contribution in [1.82, 2.24) is 15.0 Å². The summed E-state index contributed by atoms with van der Waals surface area (Å²) in [4.78, 5) is 33.0. The number of halogens is 2. The van der Waals surface area contributed by atoms with Crippen molar-refractivity contribution in [3.05, 3.63) is 69.0 Å². The molecule has 28 heavy (non-hydrogen) atoms. The fraction of sp³-hybridized carbons (Fsp3) is 0.105. The molecule has 2 aromatic heterocycles. The SMILES string of the molecule is O=C(CCc1ncc(-c2ccc(Cl)cc2Cl)o1)Nc1ccc2[nH]c(=O)[nH]c2c1. The van der Waals surface area contributed by atoms with E-state index in [1.54, 1.807) is 42.6 Å². The molecule has 0 spiro atoms. The minimum atomic E-state index is -0.293. The smallest absolute Gasteiger partial charge is 0.323 e. The van der Waals surface area contributed by atoms with Gasteiger partial charge in [-0.2, -0.15) is 0 Å². The number of rotatable bonds is 5. The quantitative estimate of drug-likeness (QED) is 0.448. The largest absolute Gasteiger partial charge is 0.441 e. The summed E-state index contributed by atoms with van der Waals surface area (Å²) in [6.45, 7) is 0. The van der Waals surface area contributed by atoms with Gasteiger partial charge in [0, 0.05) is 29.1 Å². The number of amides is 1. The van der Waals surface area contributed by atoms with E-state index < -0.39 is 0 Å². The van der Waals surface area contributed by atoms with E-state index in [4.69, 9.17) is 27.6 Å². The van der Waals surface area contributed by atoms with Gasteiger partial charge >= 0.3 is 5.69 Å². The highest BCUT2D eigenvalue weighted by Crippen LogP contribution is 2.30. The van der Waals surface area contributed by atoms with Gasteiger partial charge in [0.1, 0.15) is 0 Å². The second-order valence-electron chi connectivity index (χ2n) is 6.13. The maximum absolute atomic E-state index is 12.2. The molecule has 2 heterocycles. The summed E-state index contributed by atoms with van der Waals surface area (Å²) in [5.41, 5.74) is 2.28. The summed E-state index contributed by atoms with van der Waals surface area (Å²) in [6.07, 6.45) is 2.09. The first-order chi connectivity index (χ1) is 13.5. The zero-order valence-electron chi connectivity index (χ0n) is 14.4. The van der Waals surface area contributed by atoms with Crippen molar-refractivity contribution in [3.8, 4) is 11.3 Å². The number of hydrogen-bond acceptors (Lipinski definition) is 4. The number of anilines is 1. The van der Waals surface area contributed by atoms with Crippen molar-refractivity contribution in [1.29, 1.82) is 0 Å². The van der Waals surface area contributed by atoms with Crippen LogP contribution >= 0.6 is 23.2 Å². The van der Waals surface area contributed by atoms with Crippen LogP contribution in [0.1, 0.15) is 12.3 Å². The second kappa shape index (κ2) is 7.53. The number of nitrogens with one attached hydrogen (secondary N) is 3. The molecule has 9 heteroatoms. The van der Waals surface area contributed by atoms with Crippen molar-refractivity contribution in [2.75, 3.05) is 5.32 Å². The topological polar surface area (TPSA) is 104 Å². The van der Waals surface area contributed by atoms with Crippen molar-refractivity contribution >= 4 is 45.8 Å². The summed E-state index contributed by atoms with van der Waals surface area (Å²) in [6, 6.07) is 10.2. The molecule has 7 nitrogen and oxygen atoms in total. The number of carbonyl (C=O) groups excluding carboxylic acids is 1. The van der Waals surface area contributed by atoms with Gasteiger partial charge < -0.3 is 19.7 Å². The monoisotopic (exact) mass is 416 g/mol. The van der Waals surface area contributed by atoms with E-state index in [0.717, 1.165) is 0 Å². The van der Waals surface area contributed by atoms with Crippen LogP contribution in [-0.2, 0) is 11.2 Å². The molecule has 1 amide bonds. The molecule has 0 bridgehead atoms. The average molecular weight is 417 g/mol. The molecule has 0 unspecified atom stereocenters. The normalized spacial score (nSPS) is 11.1. The third kappa shape index (κ3) is 3.95. The van der Waals surface area contributed by atoms with Crippen LogP contribution in [0.4, 0.5) is 5.69 Å². The van der Waals surface area contributed by atoms with Crippen LogP contribution in [0.5, 0.6) is 0 Å². The number of carbonyl (C=O) groups is 1. The lowest BCUT2D eigenvalue weighted by atomic mass is 10.2. The Labute approximate surface area is 168 Å². The van der Waals surface area contributed by atoms with Crippen LogP contribution in [0.3, 0.4) is 0 Å². The molecule has 142 valence electrons. The van der Waals surface area contributed by atoms with Gasteiger partial charge in [-0.25, -0.2) is 9.78 Å². The molecule has 0 atom stereocenters. The van der Waals surface area contributed by atoms with Crippen LogP contribution in [0, 0.1) is 0 Å². The molecule has 0 aliphatic rings. The fourth-order valence-electron chi connectivity index (χ4n) is 2.79. The molecule has 0 saturated carbocycles. The van der Waals surface area contributed by atoms with E-state index in [2.05, 4.69) is 20.3 Å². The summed E-state index contributed by atoms with van der Waals surface area (Å²) in [7, 11) is 0. The number of benzene rings is 2. The molecule has 3 N–H and O–H groups in total. The van der Waals surface area contributed by atoms with Gasteiger partial charge in [0.15, 0.2) is 11.7 Å². The van der Waals surface area contributed by atoms with Gasteiger partial charge in [-0.05, 0) is 36.4 Å². The minimum Gasteiger partial charge on any atom is -0.441 e. The Kier molecular flexibility index (Phi) is 4.93. The third-order valence-electron chi connectivity index (χ3n) is 4.12. The summed E-state index contributed by atoms with van der Waals surface area (Å²) in [5.74, 6) is 0.752. The molecule has 0 aliphatic carbocycles. The Morgan fingerprint density at radius 3 is 2.75 bits per heavy atom. The lowest BCUT2D eigenvalue weighted by Gasteiger charge is -2.04. The predicted octanol–water partition coefficient (Wildman–Crippen LogP) is 4.39. The average Bonchev–Trinajstić information content (AvgIpc) is 3.25. The van der Waals surface area contributed by atoms with Gasteiger partial charge in [-0.3, -0.25) is 4.79 Å². The Morgan fingerprint density at radius 2 is 1.93 bits per heavy atom. The van der Waals surface area contributed by atoms with E-state index >= 15 is 0 Å². The number of H-pyrrole nitrogens is 2. The highest BCUT2D eigenvalue weighted by atomic mass is 35.5. The lowest BCUT2D eigenvalue weighted by Crippen LogP contribution is -2.12. The zero-order chi connectivity index (χ0) is 19.7. The van der Waals surface area contributed by atoms with Crippen molar-refractivity contribution in [3.63, 3.8) is 0 Å².